The molecule has 1 unspecified atom stereocenters. The van der Waals surface area contributed by atoms with Gasteiger partial charge in [-0.05, 0) is 81.3 Å². The maximum atomic E-state index is 13.4. The molecule has 0 radical (unpaired) electrons. The Balaban J connectivity index is 1.17. The molecule has 0 spiro atoms. The molecule has 1 aromatic rings. The summed E-state index contributed by atoms with van der Waals surface area (Å²) in [5.74, 6) is 0.584. The zero-order chi connectivity index (χ0) is 39.9. The first-order chi connectivity index (χ1) is 27.1. The SMILES string of the molecule is CC[Si](CC)(CC)O[C@@H]1CCN(c2nccc(C(C)/C=C/C=C(\C)[C@H]3OC(=O)CCCCC[C@@H](OC(=O)N4CCN(C5CCCCCC5)CC4)/C=C\[C@@H]3C)n2)C1. The van der Waals surface area contributed by atoms with Crippen LogP contribution in [0.25, 0.3) is 0 Å². The highest BCUT2D eigenvalue weighted by Crippen LogP contribution is 2.29. The Labute approximate surface area is 339 Å². The van der Waals surface area contributed by atoms with E-state index in [1.165, 1.54) is 38.5 Å². The second kappa shape index (κ2) is 22.2. The van der Waals surface area contributed by atoms with Crippen LogP contribution in [-0.4, -0.2) is 104 Å². The second-order valence-corrected chi connectivity index (χ2v) is 21.7. The van der Waals surface area contributed by atoms with Gasteiger partial charge < -0.3 is 23.7 Å². The molecule has 1 amide bonds. The van der Waals surface area contributed by atoms with Crippen molar-refractivity contribution in [1.29, 1.82) is 0 Å². The Morgan fingerprint density at radius 3 is 2.36 bits per heavy atom. The Kier molecular flexibility index (Phi) is 17.5. The summed E-state index contributed by atoms with van der Waals surface area (Å²) < 4.78 is 19.0. The number of ether oxygens (including phenoxy) is 2. The van der Waals surface area contributed by atoms with Crippen molar-refractivity contribution in [3.8, 4) is 0 Å². The average molecular weight is 792 g/mol. The van der Waals surface area contributed by atoms with Crippen LogP contribution in [0.15, 0.2) is 48.2 Å². The number of hydrogen-bond donors (Lipinski definition) is 0. The zero-order valence-corrected chi connectivity index (χ0v) is 36.6. The molecule has 11 heteroatoms. The molecular formula is C45H73N5O5Si. The average Bonchev–Trinajstić information content (AvgIpc) is 3.51. The molecule has 1 aromatic heterocycles. The second-order valence-electron chi connectivity index (χ2n) is 16.9. The molecule has 56 heavy (non-hydrogen) atoms. The number of nitrogens with zero attached hydrogens (tertiary/aromatic N) is 5. The van der Waals surface area contributed by atoms with Gasteiger partial charge in [0.1, 0.15) is 12.2 Å². The van der Waals surface area contributed by atoms with Crippen molar-refractivity contribution in [2.45, 2.75) is 167 Å². The molecule has 312 valence electrons. The van der Waals surface area contributed by atoms with Gasteiger partial charge in [-0.2, -0.15) is 0 Å². The Hall–Kier alpha value is -3.02. The van der Waals surface area contributed by atoms with Crippen molar-refractivity contribution in [1.82, 2.24) is 19.8 Å². The van der Waals surface area contributed by atoms with Crippen molar-refractivity contribution >= 4 is 26.3 Å². The lowest BCUT2D eigenvalue weighted by atomic mass is 9.95. The Morgan fingerprint density at radius 1 is 0.946 bits per heavy atom. The van der Waals surface area contributed by atoms with E-state index in [2.05, 4.69) is 61.6 Å². The van der Waals surface area contributed by atoms with E-state index >= 15 is 0 Å². The predicted octanol–water partition coefficient (Wildman–Crippen LogP) is 9.60. The van der Waals surface area contributed by atoms with E-state index in [1.54, 1.807) is 0 Å². The molecule has 10 nitrogen and oxygen atoms in total. The largest absolute Gasteiger partial charge is 0.457 e. The molecule has 1 saturated carbocycles. The van der Waals surface area contributed by atoms with Gasteiger partial charge in [0.05, 0.1) is 11.8 Å². The molecule has 1 aliphatic carbocycles. The first kappa shape index (κ1) is 44.1. The molecule has 0 N–H and O–H groups in total. The first-order valence-corrected chi connectivity index (χ1v) is 24.8. The predicted molar refractivity (Wildman–Crippen MR) is 228 cm³/mol. The standard InChI is InChI=1S/C45H73N5O5Si/c1-7-56(8-2,9-3)55-40-27-29-50(34-40)44-46-28-26-41(47-44)35(4)18-17-19-36(5)43-37(6)24-25-39(22-15-12-16-23-42(51)54-43)53-45(52)49-32-30-48(31-33-49)38-20-13-10-11-14-21-38/h17-19,24-26,28,35,37-40,43H,7-16,20-23,27,29-34H2,1-6H3/b18-17+,25-24-,36-19+/t35?,37-,39+,40+,43+/m0/s1. The summed E-state index contributed by atoms with van der Waals surface area (Å²) in [6, 6.07) is 6.14. The normalized spacial score (nSPS) is 27.0. The van der Waals surface area contributed by atoms with Crippen molar-refractivity contribution in [3.63, 3.8) is 0 Å². The topological polar surface area (TPSA) is 97.3 Å². The summed E-state index contributed by atoms with van der Waals surface area (Å²) in [5, 5.41) is 0. The number of hydrogen-bond acceptors (Lipinski definition) is 9. The van der Waals surface area contributed by atoms with E-state index in [0.29, 0.717) is 12.5 Å². The lowest BCUT2D eigenvalue weighted by Crippen LogP contribution is -2.52. The summed E-state index contributed by atoms with van der Waals surface area (Å²) in [6.45, 7) is 18.2. The highest BCUT2D eigenvalue weighted by molar-refractivity contribution is 6.73. The lowest BCUT2D eigenvalue weighted by molar-refractivity contribution is -0.148. The van der Waals surface area contributed by atoms with E-state index < -0.39 is 14.4 Å². The van der Waals surface area contributed by atoms with Crippen molar-refractivity contribution in [2.75, 3.05) is 44.2 Å². The van der Waals surface area contributed by atoms with E-state index in [0.717, 1.165) is 107 Å². The van der Waals surface area contributed by atoms with E-state index in [1.807, 2.05) is 42.3 Å². The first-order valence-electron chi connectivity index (χ1n) is 22.3. The van der Waals surface area contributed by atoms with Gasteiger partial charge in [0.15, 0.2) is 8.32 Å². The van der Waals surface area contributed by atoms with Gasteiger partial charge >= 0.3 is 12.1 Å². The van der Waals surface area contributed by atoms with Gasteiger partial charge in [-0.15, -0.1) is 0 Å². The Morgan fingerprint density at radius 2 is 1.64 bits per heavy atom. The molecule has 3 aliphatic heterocycles. The maximum Gasteiger partial charge on any atom is 0.410 e. The summed E-state index contributed by atoms with van der Waals surface area (Å²) in [5.41, 5.74) is 1.94. The number of esters is 1. The molecule has 0 aromatic carbocycles. The number of carbonyl (C=O) groups excluding carboxylic acids is 2. The van der Waals surface area contributed by atoms with Crippen LogP contribution < -0.4 is 4.90 Å². The quantitative estimate of drug-likeness (QED) is 0.0674. The van der Waals surface area contributed by atoms with E-state index in [-0.39, 0.29) is 36.1 Å². The van der Waals surface area contributed by atoms with Crippen molar-refractivity contribution < 1.29 is 23.5 Å². The summed E-state index contributed by atoms with van der Waals surface area (Å²) in [6.07, 6.45) is 24.1. The van der Waals surface area contributed by atoms with Crippen molar-refractivity contribution in [2.24, 2.45) is 5.92 Å². The van der Waals surface area contributed by atoms with Crippen LogP contribution in [0.4, 0.5) is 10.7 Å². The lowest BCUT2D eigenvalue weighted by Gasteiger charge is -2.39. The number of aromatic nitrogens is 2. The van der Waals surface area contributed by atoms with Gasteiger partial charge in [-0.25, -0.2) is 14.8 Å². The molecule has 4 heterocycles. The number of piperazine rings is 1. The third kappa shape index (κ3) is 12.7. The highest BCUT2D eigenvalue weighted by Gasteiger charge is 2.35. The molecule has 5 atom stereocenters. The third-order valence-corrected chi connectivity index (χ3v) is 17.7. The van der Waals surface area contributed by atoms with Crippen LogP contribution in [0.1, 0.15) is 130 Å². The Bertz CT molecular complexity index is 1460. The third-order valence-electron chi connectivity index (χ3n) is 13.0. The minimum absolute atomic E-state index is 0.0715. The fraction of sp³-hybridized carbons (Fsp3) is 0.733. The number of rotatable bonds is 12. The minimum Gasteiger partial charge on any atom is -0.457 e. The summed E-state index contributed by atoms with van der Waals surface area (Å²) in [4.78, 5) is 42.7. The molecule has 4 aliphatic rings. The zero-order valence-electron chi connectivity index (χ0n) is 35.6. The number of cyclic esters (lactones) is 1. The highest BCUT2D eigenvalue weighted by atomic mass is 28.4. The van der Waals surface area contributed by atoms with Gasteiger partial charge in [0.25, 0.3) is 0 Å². The minimum atomic E-state index is -1.66. The number of carbonyl (C=O) groups is 2. The molecule has 0 bridgehead atoms. The fourth-order valence-electron chi connectivity index (χ4n) is 8.99. The van der Waals surface area contributed by atoms with Gasteiger partial charge in [0.2, 0.25) is 5.95 Å². The fourth-order valence-corrected chi connectivity index (χ4v) is 11.9. The van der Waals surface area contributed by atoms with Crippen LogP contribution in [0.3, 0.4) is 0 Å². The van der Waals surface area contributed by atoms with Crippen molar-refractivity contribution in [3.05, 3.63) is 53.9 Å². The van der Waals surface area contributed by atoms with Crippen LogP contribution >= 0.6 is 0 Å². The van der Waals surface area contributed by atoms with Crippen LogP contribution in [0, 0.1) is 5.92 Å². The maximum absolute atomic E-state index is 13.4. The van der Waals surface area contributed by atoms with E-state index in [9.17, 15) is 9.59 Å². The van der Waals surface area contributed by atoms with Crippen LogP contribution in [0.2, 0.25) is 18.1 Å². The summed E-state index contributed by atoms with van der Waals surface area (Å²) in [7, 11) is -1.66. The van der Waals surface area contributed by atoms with Crippen LogP contribution in [-0.2, 0) is 18.7 Å². The van der Waals surface area contributed by atoms with Gasteiger partial charge in [0, 0.05) is 69.8 Å². The molecule has 3 fully saturated rings. The number of amides is 1. The summed E-state index contributed by atoms with van der Waals surface area (Å²) >= 11 is 0. The van der Waals surface area contributed by atoms with Gasteiger partial charge in [-0.1, -0.05) is 91.0 Å². The molecular weight excluding hydrogens is 719 g/mol. The smallest absolute Gasteiger partial charge is 0.410 e. The van der Waals surface area contributed by atoms with E-state index in [4.69, 9.17) is 18.9 Å². The monoisotopic (exact) mass is 792 g/mol. The van der Waals surface area contributed by atoms with Crippen LogP contribution in [0.5, 0.6) is 0 Å². The number of anilines is 1. The number of allylic oxidation sites excluding steroid dienone is 3. The van der Waals surface area contributed by atoms with Gasteiger partial charge in [-0.3, -0.25) is 9.69 Å². The molecule has 2 saturated heterocycles. The molecule has 5 rings (SSSR count).